The molecule has 0 N–H and O–H groups in total. The summed E-state index contributed by atoms with van der Waals surface area (Å²) >= 11 is 0. The van der Waals surface area contributed by atoms with Crippen LogP contribution in [0.4, 0.5) is 4.79 Å². The lowest BCUT2D eigenvalue weighted by Crippen LogP contribution is -2.35. The van der Waals surface area contributed by atoms with Crippen LogP contribution in [-0.4, -0.2) is 36.0 Å². The predicted octanol–water partition coefficient (Wildman–Crippen LogP) is 3.59. The van der Waals surface area contributed by atoms with Crippen molar-refractivity contribution in [2.24, 2.45) is 0 Å². The summed E-state index contributed by atoms with van der Waals surface area (Å²) in [6.07, 6.45) is 4.49. The maximum absolute atomic E-state index is 12.1. The maximum atomic E-state index is 12.1. The summed E-state index contributed by atoms with van der Waals surface area (Å²) in [4.78, 5) is 25.5. The zero-order valence-corrected chi connectivity index (χ0v) is 13.3. The quantitative estimate of drug-likeness (QED) is 0.700. The first-order valence-electron chi connectivity index (χ1n) is 8.19. The van der Waals surface area contributed by atoms with Gasteiger partial charge in [-0.25, -0.2) is 4.79 Å². The molecule has 0 aliphatic carbocycles. The molecule has 1 atom stereocenters. The fourth-order valence-electron chi connectivity index (χ4n) is 2.76. The lowest BCUT2D eigenvalue weighted by atomic mass is 10.0. The SMILES string of the molecule is CCCCN1C(=O)OCC1CC(=O)CCCc1ccccc1. The van der Waals surface area contributed by atoms with Crippen LogP contribution in [-0.2, 0) is 16.0 Å². The van der Waals surface area contributed by atoms with Gasteiger partial charge in [0, 0.05) is 19.4 Å². The molecule has 0 bridgehead atoms. The second kappa shape index (κ2) is 8.57. The van der Waals surface area contributed by atoms with E-state index in [-0.39, 0.29) is 17.9 Å². The Labute approximate surface area is 132 Å². The van der Waals surface area contributed by atoms with Crippen LogP contribution in [0.5, 0.6) is 0 Å². The highest BCUT2D eigenvalue weighted by Crippen LogP contribution is 2.18. The lowest BCUT2D eigenvalue weighted by Gasteiger charge is -2.20. The summed E-state index contributed by atoms with van der Waals surface area (Å²) < 4.78 is 5.08. The van der Waals surface area contributed by atoms with E-state index in [0.29, 0.717) is 26.0 Å². The number of hydrogen-bond donors (Lipinski definition) is 0. The first kappa shape index (κ1) is 16.5. The summed E-state index contributed by atoms with van der Waals surface area (Å²) in [5.41, 5.74) is 1.26. The topological polar surface area (TPSA) is 46.6 Å². The molecule has 1 aliphatic rings. The summed E-state index contributed by atoms with van der Waals surface area (Å²) in [7, 11) is 0. The second-order valence-electron chi connectivity index (χ2n) is 5.86. The second-order valence-corrected chi connectivity index (χ2v) is 5.86. The van der Waals surface area contributed by atoms with Gasteiger partial charge in [0.25, 0.3) is 0 Å². The van der Waals surface area contributed by atoms with Crippen LogP contribution in [0.2, 0.25) is 0 Å². The third-order valence-electron chi connectivity index (χ3n) is 4.05. The molecule has 4 heteroatoms. The third-order valence-corrected chi connectivity index (χ3v) is 4.05. The Morgan fingerprint density at radius 3 is 2.77 bits per heavy atom. The van der Waals surface area contributed by atoms with Crippen molar-refractivity contribution in [3.05, 3.63) is 35.9 Å². The van der Waals surface area contributed by atoms with Gasteiger partial charge >= 0.3 is 6.09 Å². The van der Waals surface area contributed by atoms with E-state index in [9.17, 15) is 9.59 Å². The zero-order chi connectivity index (χ0) is 15.8. The van der Waals surface area contributed by atoms with Gasteiger partial charge in [0.1, 0.15) is 12.4 Å². The molecule has 1 saturated heterocycles. The molecular formula is C18H25NO3. The minimum Gasteiger partial charge on any atom is -0.447 e. The first-order chi connectivity index (χ1) is 10.7. The van der Waals surface area contributed by atoms with Crippen molar-refractivity contribution >= 4 is 11.9 Å². The molecule has 22 heavy (non-hydrogen) atoms. The van der Waals surface area contributed by atoms with Gasteiger partial charge in [-0.05, 0) is 24.8 Å². The van der Waals surface area contributed by atoms with E-state index >= 15 is 0 Å². The molecule has 1 fully saturated rings. The fourth-order valence-corrected chi connectivity index (χ4v) is 2.76. The molecule has 1 heterocycles. The Hall–Kier alpha value is -1.84. The number of cyclic esters (lactones) is 1. The van der Waals surface area contributed by atoms with Crippen LogP contribution in [0.15, 0.2) is 30.3 Å². The Kier molecular flexibility index (Phi) is 6.44. The standard InChI is InChI=1S/C18H25NO3/c1-2-3-12-19-16(14-22-18(19)21)13-17(20)11-7-10-15-8-5-4-6-9-15/h4-6,8-9,16H,2-3,7,10-14H2,1H3. The monoisotopic (exact) mass is 303 g/mol. The molecular weight excluding hydrogens is 278 g/mol. The van der Waals surface area contributed by atoms with Crippen molar-refractivity contribution in [1.29, 1.82) is 0 Å². The van der Waals surface area contributed by atoms with Gasteiger partial charge in [0.2, 0.25) is 0 Å². The van der Waals surface area contributed by atoms with Gasteiger partial charge in [0.15, 0.2) is 0 Å². The van der Waals surface area contributed by atoms with E-state index < -0.39 is 0 Å². The smallest absolute Gasteiger partial charge is 0.410 e. The predicted molar refractivity (Wildman–Crippen MR) is 85.8 cm³/mol. The number of aryl methyl sites for hydroxylation is 1. The van der Waals surface area contributed by atoms with Crippen LogP contribution in [0.1, 0.15) is 44.6 Å². The van der Waals surface area contributed by atoms with Gasteiger partial charge in [-0.3, -0.25) is 4.79 Å². The van der Waals surface area contributed by atoms with Crippen LogP contribution in [0.25, 0.3) is 0 Å². The van der Waals surface area contributed by atoms with Crippen LogP contribution >= 0.6 is 0 Å². The summed E-state index contributed by atoms with van der Waals surface area (Å²) in [5, 5.41) is 0. The Balaban J connectivity index is 1.73. The normalized spacial score (nSPS) is 17.6. The third kappa shape index (κ3) is 4.86. The highest BCUT2D eigenvalue weighted by molar-refractivity contribution is 5.80. The van der Waals surface area contributed by atoms with E-state index in [0.717, 1.165) is 25.7 Å². The van der Waals surface area contributed by atoms with Crippen molar-refractivity contribution in [2.75, 3.05) is 13.2 Å². The number of carbonyl (C=O) groups is 2. The number of Topliss-reactive ketones (excluding diaryl/α,β-unsaturated/α-hetero) is 1. The van der Waals surface area contributed by atoms with Gasteiger partial charge in [-0.15, -0.1) is 0 Å². The number of hydrogen-bond acceptors (Lipinski definition) is 3. The van der Waals surface area contributed by atoms with Crippen LogP contribution in [0, 0.1) is 0 Å². The summed E-state index contributed by atoms with van der Waals surface area (Å²) in [5.74, 6) is 0.223. The number of carbonyl (C=O) groups excluding carboxylic acids is 2. The minimum atomic E-state index is -0.268. The highest BCUT2D eigenvalue weighted by Gasteiger charge is 2.33. The van der Waals surface area contributed by atoms with Crippen molar-refractivity contribution in [2.45, 2.75) is 51.5 Å². The average molecular weight is 303 g/mol. The van der Waals surface area contributed by atoms with E-state index in [1.54, 1.807) is 4.90 Å². The van der Waals surface area contributed by atoms with E-state index in [1.807, 2.05) is 18.2 Å². The van der Waals surface area contributed by atoms with Crippen LogP contribution < -0.4 is 0 Å². The number of ether oxygens (including phenoxy) is 1. The minimum absolute atomic E-state index is 0.0664. The number of amides is 1. The Bertz CT molecular complexity index is 486. The van der Waals surface area contributed by atoms with Crippen molar-refractivity contribution in [3.63, 3.8) is 0 Å². The first-order valence-corrected chi connectivity index (χ1v) is 8.19. The fraction of sp³-hybridized carbons (Fsp3) is 0.556. The van der Waals surface area contributed by atoms with Crippen LogP contribution in [0.3, 0.4) is 0 Å². The van der Waals surface area contributed by atoms with Crippen molar-refractivity contribution in [1.82, 2.24) is 4.90 Å². The number of rotatable bonds is 9. The number of benzene rings is 1. The molecule has 120 valence electrons. The van der Waals surface area contributed by atoms with E-state index in [4.69, 9.17) is 4.74 Å². The van der Waals surface area contributed by atoms with E-state index in [1.165, 1.54) is 5.56 Å². The lowest BCUT2D eigenvalue weighted by molar-refractivity contribution is -0.120. The maximum Gasteiger partial charge on any atom is 0.410 e. The molecule has 1 aromatic carbocycles. The summed E-state index contributed by atoms with van der Waals surface area (Å²) in [6, 6.07) is 10.1. The van der Waals surface area contributed by atoms with Gasteiger partial charge in [-0.2, -0.15) is 0 Å². The van der Waals surface area contributed by atoms with Gasteiger partial charge in [-0.1, -0.05) is 43.7 Å². The Morgan fingerprint density at radius 1 is 1.27 bits per heavy atom. The number of ketones is 1. The molecule has 0 saturated carbocycles. The average Bonchev–Trinajstić information content (AvgIpc) is 2.86. The molecule has 1 aromatic rings. The summed E-state index contributed by atoms with van der Waals surface area (Å²) in [6.45, 7) is 3.13. The van der Waals surface area contributed by atoms with Gasteiger partial charge in [0.05, 0.1) is 6.04 Å². The van der Waals surface area contributed by atoms with Crippen molar-refractivity contribution in [3.8, 4) is 0 Å². The molecule has 4 nitrogen and oxygen atoms in total. The largest absolute Gasteiger partial charge is 0.447 e. The van der Waals surface area contributed by atoms with Gasteiger partial charge < -0.3 is 9.64 Å². The molecule has 0 spiro atoms. The molecule has 1 unspecified atom stereocenters. The highest BCUT2D eigenvalue weighted by atomic mass is 16.6. The van der Waals surface area contributed by atoms with E-state index in [2.05, 4.69) is 19.1 Å². The molecule has 1 aliphatic heterocycles. The van der Waals surface area contributed by atoms with Crippen molar-refractivity contribution < 1.29 is 14.3 Å². The Morgan fingerprint density at radius 2 is 2.05 bits per heavy atom. The number of unbranched alkanes of at least 4 members (excludes halogenated alkanes) is 1. The molecule has 0 aromatic heterocycles. The molecule has 2 rings (SSSR count). The molecule has 1 amide bonds. The zero-order valence-electron chi connectivity index (χ0n) is 13.3. The number of nitrogens with zero attached hydrogens (tertiary/aromatic N) is 1. The molecule has 0 radical (unpaired) electrons.